The number of carboxylic acids is 1. The lowest BCUT2D eigenvalue weighted by Gasteiger charge is -2.12. The van der Waals surface area contributed by atoms with Crippen LogP contribution >= 0.6 is 0 Å². The highest BCUT2D eigenvalue weighted by atomic mass is 19.1. The molecule has 7 heteroatoms. The molecule has 0 unspecified atom stereocenters. The van der Waals surface area contributed by atoms with Crippen LogP contribution < -0.4 is 11.1 Å². The van der Waals surface area contributed by atoms with Gasteiger partial charge in [0.25, 0.3) is 0 Å². The first-order chi connectivity index (χ1) is 8.88. The molecule has 2 amide bonds. The molecular formula is C12H13FN2O4. The summed E-state index contributed by atoms with van der Waals surface area (Å²) in [5.74, 6) is -3.18. The summed E-state index contributed by atoms with van der Waals surface area (Å²) < 4.78 is 12.7. The molecule has 0 heterocycles. The molecule has 0 bridgehead atoms. The second kappa shape index (κ2) is 6.48. The molecule has 1 atom stereocenters. The summed E-state index contributed by atoms with van der Waals surface area (Å²) in [6.07, 6.45) is -0.590. The molecule has 0 saturated heterocycles. The van der Waals surface area contributed by atoms with Gasteiger partial charge in [0.1, 0.15) is 11.9 Å². The van der Waals surface area contributed by atoms with Crippen LogP contribution in [0.5, 0.6) is 0 Å². The van der Waals surface area contributed by atoms with E-state index in [-0.39, 0.29) is 6.42 Å². The van der Waals surface area contributed by atoms with Crippen LogP contribution in [0.3, 0.4) is 0 Å². The van der Waals surface area contributed by atoms with Gasteiger partial charge >= 0.3 is 5.97 Å². The maximum atomic E-state index is 12.7. The van der Waals surface area contributed by atoms with Crippen molar-refractivity contribution in [3.8, 4) is 0 Å². The summed E-state index contributed by atoms with van der Waals surface area (Å²) in [6.45, 7) is 0. The van der Waals surface area contributed by atoms with E-state index in [1.54, 1.807) is 0 Å². The van der Waals surface area contributed by atoms with Gasteiger partial charge in [-0.3, -0.25) is 9.59 Å². The zero-order valence-corrected chi connectivity index (χ0v) is 9.93. The lowest BCUT2D eigenvalue weighted by molar-refractivity contribution is -0.143. The van der Waals surface area contributed by atoms with E-state index in [0.29, 0.717) is 5.56 Å². The third-order valence-electron chi connectivity index (χ3n) is 2.32. The summed E-state index contributed by atoms with van der Waals surface area (Å²) in [5, 5.41) is 11.0. The van der Waals surface area contributed by atoms with E-state index < -0.39 is 36.1 Å². The molecule has 1 rings (SSSR count). The molecule has 0 aromatic heterocycles. The third kappa shape index (κ3) is 5.15. The second-order valence-corrected chi connectivity index (χ2v) is 3.93. The van der Waals surface area contributed by atoms with Crippen LogP contribution in [0.4, 0.5) is 4.39 Å². The molecular weight excluding hydrogens is 255 g/mol. The monoisotopic (exact) mass is 268 g/mol. The number of nitrogens with two attached hydrogens (primary N) is 1. The minimum absolute atomic E-state index is 0.108. The van der Waals surface area contributed by atoms with E-state index in [9.17, 15) is 18.8 Å². The van der Waals surface area contributed by atoms with Gasteiger partial charge in [-0.05, 0) is 17.7 Å². The minimum atomic E-state index is -1.36. The molecule has 19 heavy (non-hydrogen) atoms. The van der Waals surface area contributed by atoms with Crippen LogP contribution in [-0.4, -0.2) is 28.9 Å². The van der Waals surface area contributed by atoms with Crippen molar-refractivity contribution in [3.05, 3.63) is 35.6 Å². The van der Waals surface area contributed by atoms with Crippen LogP contribution in [0.25, 0.3) is 0 Å². The molecule has 1 aromatic carbocycles. The fourth-order valence-electron chi connectivity index (χ4n) is 1.43. The Morgan fingerprint density at radius 1 is 1.26 bits per heavy atom. The Morgan fingerprint density at radius 3 is 2.32 bits per heavy atom. The molecule has 4 N–H and O–H groups in total. The number of primary amides is 1. The van der Waals surface area contributed by atoms with Crippen molar-refractivity contribution in [2.24, 2.45) is 5.73 Å². The van der Waals surface area contributed by atoms with Crippen molar-refractivity contribution in [2.75, 3.05) is 0 Å². The number of hydrogen-bond acceptors (Lipinski definition) is 3. The third-order valence-corrected chi connectivity index (χ3v) is 2.32. The van der Waals surface area contributed by atoms with E-state index in [4.69, 9.17) is 10.8 Å². The number of benzene rings is 1. The highest BCUT2D eigenvalue weighted by molar-refractivity contribution is 5.88. The lowest BCUT2D eigenvalue weighted by Crippen LogP contribution is -2.43. The molecule has 0 radical (unpaired) electrons. The topological polar surface area (TPSA) is 109 Å². The van der Waals surface area contributed by atoms with Crippen LogP contribution in [0.1, 0.15) is 12.0 Å². The van der Waals surface area contributed by atoms with Gasteiger partial charge in [0.15, 0.2) is 0 Å². The van der Waals surface area contributed by atoms with Crippen molar-refractivity contribution in [2.45, 2.75) is 18.9 Å². The number of carbonyl (C=O) groups excluding carboxylic acids is 2. The number of rotatable bonds is 6. The van der Waals surface area contributed by atoms with Gasteiger partial charge in [-0.25, -0.2) is 9.18 Å². The van der Waals surface area contributed by atoms with E-state index in [1.165, 1.54) is 24.3 Å². The molecule has 0 fully saturated rings. The average Bonchev–Trinajstić information content (AvgIpc) is 2.30. The van der Waals surface area contributed by atoms with Gasteiger partial charge in [0.05, 0.1) is 12.8 Å². The second-order valence-electron chi connectivity index (χ2n) is 3.93. The number of nitrogens with one attached hydrogen (secondary N) is 1. The smallest absolute Gasteiger partial charge is 0.326 e. The molecule has 0 saturated carbocycles. The SMILES string of the molecule is NC(=O)C[C@@H](NC(=O)Cc1ccc(F)cc1)C(=O)O. The highest BCUT2D eigenvalue weighted by Crippen LogP contribution is 2.04. The Balaban J connectivity index is 2.59. The van der Waals surface area contributed by atoms with Crippen LogP contribution in [0.2, 0.25) is 0 Å². The first-order valence-corrected chi connectivity index (χ1v) is 5.43. The Bertz CT molecular complexity index is 487. The summed E-state index contributed by atoms with van der Waals surface area (Å²) >= 11 is 0. The van der Waals surface area contributed by atoms with Gasteiger partial charge in [0, 0.05) is 0 Å². The molecule has 6 nitrogen and oxygen atoms in total. The van der Waals surface area contributed by atoms with Crippen LogP contribution in [0.15, 0.2) is 24.3 Å². The van der Waals surface area contributed by atoms with E-state index in [0.717, 1.165) is 0 Å². The molecule has 0 aliphatic carbocycles. The largest absolute Gasteiger partial charge is 0.480 e. The highest BCUT2D eigenvalue weighted by Gasteiger charge is 2.21. The summed E-state index contributed by atoms with van der Waals surface area (Å²) in [4.78, 5) is 33.0. The van der Waals surface area contributed by atoms with Crippen LogP contribution in [-0.2, 0) is 20.8 Å². The van der Waals surface area contributed by atoms with Crippen LogP contribution in [0, 0.1) is 5.82 Å². The van der Waals surface area contributed by atoms with Gasteiger partial charge in [-0.2, -0.15) is 0 Å². The molecule has 0 aliphatic rings. The quantitative estimate of drug-likeness (QED) is 0.664. The number of carboxylic acid groups (broad SMARTS) is 1. The van der Waals surface area contributed by atoms with Gasteiger partial charge < -0.3 is 16.2 Å². The Kier molecular flexibility index (Phi) is 4.99. The first-order valence-electron chi connectivity index (χ1n) is 5.43. The van der Waals surface area contributed by atoms with Gasteiger partial charge in [-0.15, -0.1) is 0 Å². The normalized spacial score (nSPS) is 11.6. The van der Waals surface area contributed by atoms with Crippen molar-refractivity contribution in [1.82, 2.24) is 5.32 Å². The van der Waals surface area contributed by atoms with Crippen molar-refractivity contribution < 1.29 is 23.9 Å². The molecule has 1 aromatic rings. The molecule has 0 spiro atoms. The van der Waals surface area contributed by atoms with Crippen molar-refractivity contribution >= 4 is 17.8 Å². The summed E-state index contributed by atoms with van der Waals surface area (Å²) in [5.41, 5.74) is 5.41. The number of halogens is 1. The van der Waals surface area contributed by atoms with E-state index in [2.05, 4.69) is 5.32 Å². The predicted octanol–water partition coefficient (Wildman–Crippen LogP) is -0.187. The fourth-order valence-corrected chi connectivity index (χ4v) is 1.43. The predicted molar refractivity (Wildman–Crippen MR) is 63.5 cm³/mol. The van der Waals surface area contributed by atoms with E-state index in [1.807, 2.05) is 0 Å². The van der Waals surface area contributed by atoms with Gasteiger partial charge in [0.2, 0.25) is 11.8 Å². The zero-order valence-electron chi connectivity index (χ0n) is 9.93. The molecule has 0 aliphatic heterocycles. The summed E-state index contributed by atoms with van der Waals surface area (Å²) in [6, 6.07) is 3.87. The number of carbonyl (C=O) groups is 3. The number of amides is 2. The lowest BCUT2D eigenvalue weighted by atomic mass is 10.1. The standard InChI is InChI=1S/C12H13FN2O4/c13-8-3-1-7(2-4-8)5-11(17)15-9(12(18)19)6-10(14)16/h1-4,9H,5-6H2,(H2,14,16)(H,15,17)(H,18,19)/t9-/m1/s1. The summed E-state index contributed by atoms with van der Waals surface area (Å²) in [7, 11) is 0. The van der Waals surface area contributed by atoms with Crippen molar-refractivity contribution in [3.63, 3.8) is 0 Å². The average molecular weight is 268 g/mol. The van der Waals surface area contributed by atoms with Gasteiger partial charge in [-0.1, -0.05) is 12.1 Å². The maximum Gasteiger partial charge on any atom is 0.326 e. The minimum Gasteiger partial charge on any atom is -0.480 e. The maximum absolute atomic E-state index is 12.7. The zero-order chi connectivity index (χ0) is 14.4. The van der Waals surface area contributed by atoms with E-state index >= 15 is 0 Å². The first kappa shape index (κ1) is 14.6. The Hall–Kier alpha value is -2.44. The number of aliphatic carboxylic acids is 1. The number of hydrogen-bond donors (Lipinski definition) is 3. The van der Waals surface area contributed by atoms with Crippen molar-refractivity contribution in [1.29, 1.82) is 0 Å². The Morgan fingerprint density at radius 2 is 1.84 bits per heavy atom. The molecule has 102 valence electrons. The fraction of sp³-hybridized carbons (Fsp3) is 0.250. The Labute approximate surface area is 108 Å².